The Labute approximate surface area is 204 Å². The van der Waals surface area contributed by atoms with Crippen molar-refractivity contribution in [2.24, 2.45) is 0 Å². The Morgan fingerprint density at radius 1 is 1.00 bits per heavy atom. The van der Waals surface area contributed by atoms with Gasteiger partial charge >= 0.3 is 6.03 Å². The fourth-order valence-electron chi connectivity index (χ4n) is 3.32. The first-order chi connectivity index (χ1) is 16.2. The summed E-state index contributed by atoms with van der Waals surface area (Å²) < 4.78 is 19.2. The molecule has 1 N–H and O–H groups in total. The van der Waals surface area contributed by atoms with Crippen LogP contribution in [0.1, 0.15) is 16.7 Å². The third-order valence-electron chi connectivity index (χ3n) is 5.03. The summed E-state index contributed by atoms with van der Waals surface area (Å²) in [5, 5.41) is 2.55. The molecule has 0 aliphatic carbocycles. The summed E-state index contributed by atoms with van der Waals surface area (Å²) in [5.74, 6) is -2.11. The highest BCUT2D eigenvalue weighted by Gasteiger charge is 2.37. The Hall–Kier alpha value is -3.68. The normalized spacial score (nSPS) is 15.0. The summed E-state index contributed by atoms with van der Waals surface area (Å²) in [5.41, 5.74) is 2.01. The zero-order valence-electron chi connectivity index (χ0n) is 17.8. The van der Waals surface area contributed by atoms with Gasteiger partial charge in [-0.2, -0.15) is 0 Å². The van der Waals surface area contributed by atoms with E-state index in [-0.39, 0.29) is 39.2 Å². The van der Waals surface area contributed by atoms with Gasteiger partial charge in [0.15, 0.2) is 0 Å². The number of urea groups is 1. The first-order valence-electron chi connectivity index (χ1n) is 10.1. The number of amides is 4. The van der Waals surface area contributed by atoms with Crippen molar-refractivity contribution in [1.29, 1.82) is 0 Å². The van der Waals surface area contributed by atoms with Crippen LogP contribution in [0.2, 0.25) is 10.0 Å². The average Bonchev–Trinajstić information content (AvgIpc) is 2.78. The first-order valence-corrected chi connectivity index (χ1v) is 10.8. The quantitative estimate of drug-likeness (QED) is 0.362. The lowest BCUT2D eigenvalue weighted by atomic mass is 10.1. The Balaban J connectivity index is 1.70. The summed E-state index contributed by atoms with van der Waals surface area (Å²) in [6.07, 6.45) is 1.25. The molecule has 3 aromatic carbocycles. The molecule has 1 heterocycles. The van der Waals surface area contributed by atoms with Crippen molar-refractivity contribution in [2.45, 2.75) is 13.5 Å². The van der Waals surface area contributed by atoms with E-state index in [1.165, 1.54) is 30.3 Å². The van der Waals surface area contributed by atoms with Crippen molar-refractivity contribution in [3.05, 3.63) is 98.8 Å². The van der Waals surface area contributed by atoms with E-state index in [4.69, 9.17) is 27.9 Å². The molecule has 1 aliphatic rings. The zero-order chi connectivity index (χ0) is 24.4. The highest BCUT2D eigenvalue weighted by Crippen LogP contribution is 2.35. The molecule has 4 amide bonds. The van der Waals surface area contributed by atoms with Crippen LogP contribution >= 0.6 is 23.2 Å². The summed E-state index contributed by atoms with van der Waals surface area (Å²) in [6, 6.07) is 14.4. The van der Waals surface area contributed by atoms with Crippen LogP contribution in [0.3, 0.4) is 0 Å². The molecule has 1 saturated heterocycles. The van der Waals surface area contributed by atoms with Crippen LogP contribution in [-0.2, 0) is 16.2 Å². The molecular weight excluding hydrogens is 482 g/mol. The standard InChI is InChI=1S/C25H17Cl2FN2O4/c1-14-2-4-15(5-3-14)13-34-22-16(10-17(26)12-21(22)27)11-20-23(31)29-25(33)30(24(20)32)19-8-6-18(28)7-9-19/h2-12H,13H2,1H3,(H,29,31,33)/b20-11+. The number of aryl methyl sites for hydroxylation is 1. The van der Waals surface area contributed by atoms with Gasteiger partial charge in [0, 0.05) is 10.6 Å². The number of hydrogen-bond donors (Lipinski definition) is 1. The number of carbonyl (C=O) groups excluding carboxylic acids is 3. The van der Waals surface area contributed by atoms with Crippen LogP contribution < -0.4 is 15.0 Å². The van der Waals surface area contributed by atoms with Gasteiger partial charge in [0.2, 0.25) is 0 Å². The van der Waals surface area contributed by atoms with Crippen molar-refractivity contribution in [2.75, 3.05) is 4.90 Å². The number of nitrogens with one attached hydrogen (secondary N) is 1. The summed E-state index contributed by atoms with van der Waals surface area (Å²) in [7, 11) is 0. The van der Waals surface area contributed by atoms with E-state index in [1.54, 1.807) is 0 Å². The number of barbiturate groups is 1. The number of benzene rings is 3. The molecule has 4 rings (SSSR count). The first kappa shape index (κ1) is 23.5. The minimum Gasteiger partial charge on any atom is -0.487 e. The van der Waals surface area contributed by atoms with Gasteiger partial charge in [0.05, 0.1) is 10.7 Å². The Kier molecular flexibility index (Phi) is 6.68. The highest BCUT2D eigenvalue weighted by molar-refractivity contribution is 6.40. The summed E-state index contributed by atoms with van der Waals surface area (Å²) in [4.78, 5) is 38.7. The maximum absolute atomic E-state index is 13.3. The van der Waals surface area contributed by atoms with Gasteiger partial charge in [0.25, 0.3) is 11.8 Å². The lowest BCUT2D eigenvalue weighted by Crippen LogP contribution is -2.54. The molecular formula is C25H17Cl2FN2O4. The van der Waals surface area contributed by atoms with E-state index in [0.717, 1.165) is 28.2 Å². The number of hydrogen-bond acceptors (Lipinski definition) is 4. The van der Waals surface area contributed by atoms with Gasteiger partial charge in [-0.15, -0.1) is 0 Å². The molecule has 9 heteroatoms. The molecule has 0 radical (unpaired) electrons. The summed E-state index contributed by atoms with van der Waals surface area (Å²) >= 11 is 12.5. The molecule has 6 nitrogen and oxygen atoms in total. The fraction of sp³-hybridized carbons (Fsp3) is 0.0800. The fourth-order valence-corrected chi connectivity index (χ4v) is 3.88. The number of imide groups is 2. The van der Waals surface area contributed by atoms with E-state index in [2.05, 4.69) is 5.32 Å². The molecule has 3 aromatic rings. The molecule has 34 heavy (non-hydrogen) atoms. The van der Waals surface area contributed by atoms with Gasteiger partial charge in [-0.05, 0) is 55.0 Å². The smallest absolute Gasteiger partial charge is 0.335 e. The molecule has 0 unspecified atom stereocenters. The number of anilines is 1. The largest absolute Gasteiger partial charge is 0.487 e. The average molecular weight is 499 g/mol. The monoisotopic (exact) mass is 498 g/mol. The summed E-state index contributed by atoms with van der Waals surface area (Å²) in [6.45, 7) is 2.15. The zero-order valence-corrected chi connectivity index (χ0v) is 19.3. The minimum absolute atomic E-state index is 0.0993. The van der Waals surface area contributed by atoms with Crippen LogP contribution in [0.5, 0.6) is 5.75 Å². The van der Waals surface area contributed by atoms with Crippen molar-refractivity contribution in [1.82, 2.24) is 5.32 Å². The lowest BCUT2D eigenvalue weighted by molar-refractivity contribution is -0.122. The van der Waals surface area contributed by atoms with Gasteiger partial charge in [-0.3, -0.25) is 14.9 Å². The molecule has 0 bridgehead atoms. The SMILES string of the molecule is Cc1ccc(COc2c(Cl)cc(Cl)cc2/C=C2\C(=O)NC(=O)N(c3ccc(F)cc3)C2=O)cc1. The molecule has 0 aromatic heterocycles. The Morgan fingerprint density at radius 2 is 1.68 bits per heavy atom. The molecule has 1 fully saturated rings. The predicted molar refractivity (Wildman–Crippen MR) is 127 cm³/mol. The van der Waals surface area contributed by atoms with E-state index in [0.29, 0.717) is 0 Å². The van der Waals surface area contributed by atoms with E-state index in [1.807, 2.05) is 31.2 Å². The second kappa shape index (κ2) is 9.67. The third-order valence-corrected chi connectivity index (χ3v) is 5.53. The van der Waals surface area contributed by atoms with Crippen LogP contribution in [-0.4, -0.2) is 17.8 Å². The second-order valence-electron chi connectivity index (χ2n) is 7.51. The molecule has 0 spiro atoms. The third kappa shape index (κ3) is 4.95. The molecule has 172 valence electrons. The van der Waals surface area contributed by atoms with Crippen LogP contribution in [0.4, 0.5) is 14.9 Å². The van der Waals surface area contributed by atoms with Gasteiger partial charge in [0.1, 0.15) is 23.7 Å². The highest BCUT2D eigenvalue weighted by atomic mass is 35.5. The van der Waals surface area contributed by atoms with Crippen LogP contribution in [0.25, 0.3) is 6.08 Å². The van der Waals surface area contributed by atoms with Crippen molar-refractivity contribution >= 4 is 52.8 Å². The minimum atomic E-state index is -0.946. The van der Waals surface area contributed by atoms with E-state index >= 15 is 0 Å². The van der Waals surface area contributed by atoms with Crippen LogP contribution in [0.15, 0.2) is 66.2 Å². The Morgan fingerprint density at radius 3 is 2.35 bits per heavy atom. The Bertz CT molecular complexity index is 1320. The van der Waals surface area contributed by atoms with Gasteiger partial charge < -0.3 is 4.74 Å². The number of halogens is 3. The number of ether oxygens (including phenoxy) is 1. The number of carbonyl (C=O) groups is 3. The molecule has 0 atom stereocenters. The number of nitrogens with zero attached hydrogens (tertiary/aromatic N) is 1. The topological polar surface area (TPSA) is 75.7 Å². The van der Waals surface area contributed by atoms with Gasteiger partial charge in [-0.1, -0.05) is 53.0 Å². The number of rotatable bonds is 5. The maximum Gasteiger partial charge on any atom is 0.335 e. The van der Waals surface area contributed by atoms with E-state index in [9.17, 15) is 18.8 Å². The van der Waals surface area contributed by atoms with Crippen LogP contribution in [0, 0.1) is 12.7 Å². The van der Waals surface area contributed by atoms with Crippen molar-refractivity contribution < 1.29 is 23.5 Å². The second-order valence-corrected chi connectivity index (χ2v) is 8.36. The van der Waals surface area contributed by atoms with Gasteiger partial charge in [-0.25, -0.2) is 14.1 Å². The maximum atomic E-state index is 13.3. The lowest BCUT2D eigenvalue weighted by Gasteiger charge is -2.26. The molecule has 1 aliphatic heterocycles. The van der Waals surface area contributed by atoms with E-state index < -0.39 is 23.7 Å². The van der Waals surface area contributed by atoms with Crippen molar-refractivity contribution in [3.63, 3.8) is 0 Å². The predicted octanol–water partition coefficient (Wildman–Crippen LogP) is 5.69. The molecule has 0 saturated carbocycles. The van der Waals surface area contributed by atoms with Crippen molar-refractivity contribution in [3.8, 4) is 5.75 Å².